The van der Waals surface area contributed by atoms with Crippen molar-refractivity contribution < 1.29 is 9.18 Å². The lowest BCUT2D eigenvalue weighted by Crippen LogP contribution is -2.39. The molecule has 0 unspecified atom stereocenters. The van der Waals surface area contributed by atoms with Gasteiger partial charge >= 0.3 is 0 Å². The second-order valence-corrected chi connectivity index (χ2v) is 7.48. The number of rotatable bonds is 4. The van der Waals surface area contributed by atoms with Crippen molar-refractivity contribution in [1.82, 2.24) is 9.78 Å². The van der Waals surface area contributed by atoms with Gasteiger partial charge in [-0.2, -0.15) is 4.68 Å². The first-order valence-electron chi connectivity index (χ1n) is 9.99. The third kappa shape index (κ3) is 4.25. The van der Waals surface area contributed by atoms with Gasteiger partial charge in [-0.25, -0.2) is 4.39 Å². The van der Waals surface area contributed by atoms with Crippen molar-refractivity contribution >= 4 is 17.4 Å². The summed E-state index contributed by atoms with van der Waals surface area (Å²) in [5.41, 5.74) is 2.11. The molecule has 1 N–H and O–H groups in total. The summed E-state index contributed by atoms with van der Waals surface area (Å²) in [4.78, 5) is 26.9. The van der Waals surface area contributed by atoms with Crippen molar-refractivity contribution in [3.8, 4) is 5.69 Å². The summed E-state index contributed by atoms with van der Waals surface area (Å²) < 4.78 is 14.5. The predicted molar refractivity (Wildman–Crippen MR) is 115 cm³/mol. The van der Waals surface area contributed by atoms with Crippen LogP contribution in [0, 0.1) is 18.7 Å². The topological polar surface area (TPSA) is 67.2 Å². The molecule has 0 spiro atoms. The van der Waals surface area contributed by atoms with Crippen LogP contribution in [0.15, 0.2) is 65.5 Å². The van der Waals surface area contributed by atoms with E-state index in [4.69, 9.17) is 0 Å². The molecule has 0 radical (unpaired) electrons. The maximum absolute atomic E-state index is 13.2. The van der Waals surface area contributed by atoms with Crippen LogP contribution in [0.1, 0.15) is 18.4 Å². The van der Waals surface area contributed by atoms with Crippen LogP contribution >= 0.6 is 0 Å². The van der Waals surface area contributed by atoms with E-state index in [1.165, 1.54) is 35.0 Å². The molecule has 1 aliphatic heterocycles. The molecule has 0 aliphatic carbocycles. The molecule has 1 amide bonds. The Morgan fingerprint density at radius 2 is 1.73 bits per heavy atom. The van der Waals surface area contributed by atoms with E-state index in [9.17, 15) is 14.0 Å². The Morgan fingerprint density at radius 3 is 2.43 bits per heavy atom. The molecule has 0 atom stereocenters. The normalized spacial score (nSPS) is 14.5. The number of halogens is 1. The van der Waals surface area contributed by atoms with Crippen molar-refractivity contribution in [3.05, 3.63) is 82.4 Å². The average Bonchev–Trinajstić information content (AvgIpc) is 2.76. The van der Waals surface area contributed by atoms with Crippen molar-refractivity contribution in [2.45, 2.75) is 19.8 Å². The monoisotopic (exact) mass is 406 g/mol. The van der Waals surface area contributed by atoms with Gasteiger partial charge in [0.05, 0.1) is 5.69 Å². The van der Waals surface area contributed by atoms with Crippen LogP contribution in [-0.4, -0.2) is 28.8 Å². The first kappa shape index (κ1) is 19.8. The lowest BCUT2D eigenvalue weighted by molar-refractivity contribution is -0.120. The van der Waals surface area contributed by atoms with Crippen LogP contribution < -0.4 is 15.8 Å². The van der Waals surface area contributed by atoms with E-state index in [1.807, 2.05) is 31.2 Å². The number of aromatic nitrogens is 2. The molecule has 2 aromatic carbocycles. The van der Waals surface area contributed by atoms with Crippen LogP contribution in [0.4, 0.5) is 15.9 Å². The van der Waals surface area contributed by atoms with Gasteiger partial charge in [-0.3, -0.25) is 9.59 Å². The predicted octanol–water partition coefficient (Wildman–Crippen LogP) is 3.54. The molecule has 4 rings (SSSR count). The van der Waals surface area contributed by atoms with E-state index >= 15 is 0 Å². The summed E-state index contributed by atoms with van der Waals surface area (Å²) in [6.45, 7) is 3.31. The van der Waals surface area contributed by atoms with Gasteiger partial charge in [0.25, 0.3) is 5.56 Å². The summed E-state index contributed by atoms with van der Waals surface area (Å²) in [6.07, 6.45) is 1.41. The van der Waals surface area contributed by atoms with E-state index in [2.05, 4.69) is 15.3 Å². The highest BCUT2D eigenvalue weighted by atomic mass is 19.1. The molecule has 1 saturated heterocycles. The molecule has 1 aliphatic rings. The minimum absolute atomic E-state index is 0.0354. The number of carbonyl (C=O) groups is 1. The Morgan fingerprint density at radius 1 is 1.03 bits per heavy atom. The fourth-order valence-electron chi connectivity index (χ4n) is 3.66. The molecule has 6 nitrogen and oxygen atoms in total. The van der Waals surface area contributed by atoms with Crippen LogP contribution in [0.2, 0.25) is 0 Å². The Labute approximate surface area is 174 Å². The van der Waals surface area contributed by atoms with E-state index in [-0.39, 0.29) is 23.2 Å². The molecule has 154 valence electrons. The van der Waals surface area contributed by atoms with Crippen LogP contribution in [0.25, 0.3) is 5.69 Å². The number of amides is 1. The fraction of sp³-hybridized carbons (Fsp3) is 0.261. The van der Waals surface area contributed by atoms with Gasteiger partial charge in [0, 0.05) is 30.8 Å². The zero-order chi connectivity index (χ0) is 21.1. The number of nitrogens with one attached hydrogen (secondary N) is 1. The first-order valence-corrected chi connectivity index (χ1v) is 9.99. The summed E-state index contributed by atoms with van der Waals surface area (Å²) >= 11 is 0. The first-order chi connectivity index (χ1) is 14.5. The fourth-order valence-corrected chi connectivity index (χ4v) is 3.66. The minimum Gasteiger partial charge on any atom is -0.355 e. The molecule has 1 aromatic heterocycles. The van der Waals surface area contributed by atoms with Crippen molar-refractivity contribution in [3.63, 3.8) is 0 Å². The molecule has 7 heteroatoms. The second kappa shape index (κ2) is 8.49. The molecular weight excluding hydrogens is 383 g/mol. The van der Waals surface area contributed by atoms with Gasteiger partial charge < -0.3 is 10.2 Å². The Kier molecular flexibility index (Phi) is 5.61. The SMILES string of the molecule is Cc1ccccc1NC(=O)C1CCN(c2ccc(=O)n(-c3ccc(F)cc3)n2)CC1. The number of aryl methyl sites for hydroxylation is 1. The average molecular weight is 406 g/mol. The van der Waals surface area contributed by atoms with Gasteiger partial charge in [-0.1, -0.05) is 18.2 Å². The van der Waals surface area contributed by atoms with Gasteiger partial charge in [0.2, 0.25) is 5.91 Å². The number of anilines is 2. The minimum atomic E-state index is -0.367. The number of benzene rings is 2. The van der Waals surface area contributed by atoms with Gasteiger partial charge in [-0.15, -0.1) is 5.10 Å². The Bertz CT molecular complexity index is 1100. The number of para-hydroxylation sites is 1. The maximum atomic E-state index is 13.2. The molecule has 1 fully saturated rings. The van der Waals surface area contributed by atoms with E-state index < -0.39 is 0 Å². The maximum Gasteiger partial charge on any atom is 0.271 e. The highest BCUT2D eigenvalue weighted by Gasteiger charge is 2.26. The number of hydrogen-bond acceptors (Lipinski definition) is 4. The van der Waals surface area contributed by atoms with Gasteiger partial charge in [0.15, 0.2) is 0 Å². The number of piperidine rings is 1. The van der Waals surface area contributed by atoms with Gasteiger partial charge in [0.1, 0.15) is 11.6 Å². The number of hydrogen-bond donors (Lipinski definition) is 1. The largest absolute Gasteiger partial charge is 0.355 e. The number of nitrogens with zero attached hydrogens (tertiary/aromatic N) is 3. The lowest BCUT2D eigenvalue weighted by Gasteiger charge is -2.32. The summed E-state index contributed by atoms with van der Waals surface area (Å²) in [5, 5.41) is 7.48. The molecular formula is C23H23FN4O2. The summed E-state index contributed by atoms with van der Waals surface area (Å²) in [6, 6.07) is 16.5. The van der Waals surface area contributed by atoms with E-state index in [0.717, 1.165) is 11.3 Å². The highest BCUT2D eigenvalue weighted by molar-refractivity contribution is 5.93. The zero-order valence-electron chi connectivity index (χ0n) is 16.7. The van der Waals surface area contributed by atoms with Crippen molar-refractivity contribution in [2.75, 3.05) is 23.3 Å². The highest BCUT2D eigenvalue weighted by Crippen LogP contribution is 2.24. The summed E-state index contributed by atoms with van der Waals surface area (Å²) in [5.74, 6) is 0.266. The van der Waals surface area contributed by atoms with Crippen molar-refractivity contribution in [2.24, 2.45) is 5.92 Å². The third-order valence-electron chi connectivity index (χ3n) is 5.45. The molecule has 3 aromatic rings. The van der Waals surface area contributed by atoms with Gasteiger partial charge in [-0.05, 0) is 61.7 Å². The smallest absolute Gasteiger partial charge is 0.271 e. The van der Waals surface area contributed by atoms with E-state index in [1.54, 1.807) is 6.07 Å². The molecule has 2 heterocycles. The standard InChI is InChI=1S/C23H23FN4O2/c1-16-4-2-3-5-20(16)25-23(30)17-12-14-27(15-13-17)21-10-11-22(29)28(26-21)19-8-6-18(24)7-9-19/h2-11,17H,12-15H2,1H3,(H,25,30). The quantitative estimate of drug-likeness (QED) is 0.720. The summed E-state index contributed by atoms with van der Waals surface area (Å²) in [7, 11) is 0. The van der Waals surface area contributed by atoms with Crippen LogP contribution in [-0.2, 0) is 4.79 Å². The Hall–Kier alpha value is -3.48. The van der Waals surface area contributed by atoms with E-state index in [0.29, 0.717) is 37.4 Å². The number of carbonyl (C=O) groups excluding carboxylic acids is 1. The molecule has 0 saturated carbocycles. The lowest BCUT2D eigenvalue weighted by atomic mass is 9.95. The molecule has 0 bridgehead atoms. The van der Waals surface area contributed by atoms with Crippen LogP contribution in [0.3, 0.4) is 0 Å². The van der Waals surface area contributed by atoms with Crippen molar-refractivity contribution in [1.29, 1.82) is 0 Å². The third-order valence-corrected chi connectivity index (χ3v) is 5.45. The zero-order valence-corrected chi connectivity index (χ0v) is 16.7. The Balaban J connectivity index is 1.43. The van der Waals surface area contributed by atoms with Crippen LogP contribution in [0.5, 0.6) is 0 Å². The molecule has 30 heavy (non-hydrogen) atoms. The second-order valence-electron chi connectivity index (χ2n) is 7.48.